The Morgan fingerprint density at radius 2 is 1.96 bits per heavy atom. The number of hydrogen-bond acceptors (Lipinski definition) is 3. The summed E-state index contributed by atoms with van der Waals surface area (Å²) < 4.78 is 6.99. The molecule has 0 amide bonds. The number of benzene rings is 1. The van der Waals surface area contributed by atoms with Gasteiger partial charge in [0.25, 0.3) is 0 Å². The van der Waals surface area contributed by atoms with Crippen LogP contribution >= 0.6 is 0 Å². The van der Waals surface area contributed by atoms with E-state index >= 15 is 0 Å². The molecule has 4 nitrogen and oxygen atoms in total. The van der Waals surface area contributed by atoms with Crippen molar-refractivity contribution in [3.63, 3.8) is 0 Å². The number of carbonyl (C=O) groups excluding carboxylic acids is 1. The number of fused-ring (bicyclic) bond motifs is 1. The first-order valence-electron chi connectivity index (χ1n) is 9.35. The van der Waals surface area contributed by atoms with Gasteiger partial charge in [0.15, 0.2) is 0 Å². The summed E-state index contributed by atoms with van der Waals surface area (Å²) in [6, 6.07) is 7.95. The Labute approximate surface area is 149 Å². The predicted octanol–water partition coefficient (Wildman–Crippen LogP) is 4.91. The Kier molecular flexibility index (Phi) is 5.19. The lowest BCUT2D eigenvalue weighted by Crippen LogP contribution is -2.26. The number of aliphatic hydroxyl groups excluding tert-OH is 1. The second-order valence-electron chi connectivity index (χ2n) is 8.23. The van der Waals surface area contributed by atoms with E-state index in [1.54, 1.807) is 10.8 Å². The fourth-order valence-electron chi connectivity index (χ4n) is 3.72. The van der Waals surface area contributed by atoms with Crippen molar-refractivity contribution in [1.82, 2.24) is 4.57 Å². The van der Waals surface area contributed by atoms with Crippen molar-refractivity contribution in [3.05, 3.63) is 36.0 Å². The Balaban J connectivity index is 1.74. The van der Waals surface area contributed by atoms with E-state index in [1.165, 1.54) is 19.3 Å². The molecule has 1 aromatic carbocycles. The maximum absolute atomic E-state index is 12.3. The van der Waals surface area contributed by atoms with Crippen molar-refractivity contribution >= 4 is 17.0 Å². The van der Waals surface area contributed by atoms with Crippen molar-refractivity contribution in [1.29, 1.82) is 0 Å². The first-order chi connectivity index (χ1) is 11.8. The standard InChI is InChI=1S/C21H29NO3/c1-21(2,3)25-20(24)22-12-11-17-13-15(9-10-18(17)22)14-19(23)16-7-5-4-6-8-16/h9-13,16,19,23H,4-8,14H2,1-3H3. The Bertz CT molecular complexity index is 735. The molecule has 136 valence electrons. The Morgan fingerprint density at radius 3 is 2.64 bits per heavy atom. The van der Waals surface area contributed by atoms with Crippen LogP contribution in [0.2, 0.25) is 0 Å². The van der Waals surface area contributed by atoms with E-state index in [1.807, 2.05) is 39.0 Å². The molecule has 0 aliphatic heterocycles. The fourth-order valence-corrected chi connectivity index (χ4v) is 3.72. The molecule has 0 saturated heterocycles. The van der Waals surface area contributed by atoms with Crippen LogP contribution in [0.3, 0.4) is 0 Å². The summed E-state index contributed by atoms with van der Waals surface area (Å²) in [4.78, 5) is 12.3. The van der Waals surface area contributed by atoms with Crippen LogP contribution in [0.1, 0.15) is 58.4 Å². The molecule has 4 heteroatoms. The highest BCUT2D eigenvalue weighted by Gasteiger charge is 2.22. The quantitative estimate of drug-likeness (QED) is 0.861. The molecule has 0 spiro atoms. The van der Waals surface area contributed by atoms with E-state index in [4.69, 9.17) is 4.74 Å². The van der Waals surface area contributed by atoms with Crippen LogP contribution in [-0.2, 0) is 11.2 Å². The molecule has 1 fully saturated rings. The van der Waals surface area contributed by atoms with Gasteiger partial charge in [-0.3, -0.25) is 4.57 Å². The van der Waals surface area contributed by atoms with Crippen molar-refractivity contribution < 1.29 is 14.6 Å². The summed E-state index contributed by atoms with van der Waals surface area (Å²) in [6.45, 7) is 5.59. The highest BCUT2D eigenvalue weighted by Crippen LogP contribution is 2.28. The average Bonchev–Trinajstić information content (AvgIpc) is 2.97. The molecule has 1 heterocycles. The summed E-state index contributed by atoms with van der Waals surface area (Å²) in [7, 11) is 0. The first kappa shape index (κ1) is 18.0. The maximum Gasteiger partial charge on any atom is 0.418 e. The normalized spacial score (nSPS) is 17.6. The van der Waals surface area contributed by atoms with Crippen LogP contribution in [0.25, 0.3) is 10.9 Å². The number of ether oxygens (including phenoxy) is 1. The van der Waals surface area contributed by atoms with Crippen molar-refractivity contribution in [2.45, 2.75) is 71.0 Å². The Morgan fingerprint density at radius 1 is 1.24 bits per heavy atom. The summed E-state index contributed by atoms with van der Waals surface area (Å²) in [5, 5.41) is 11.5. The van der Waals surface area contributed by atoms with Gasteiger partial charge in [-0.1, -0.05) is 25.3 Å². The van der Waals surface area contributed by atoms with Gasteiger partial charge in [-0.2, -0.15) is 0 Å². The fraction of sp³-hybridized carbons (Fsp3) is 0.571. The molecule has 1 aliphatic rings. The lowest BCUT2D eigenvalue weighted by Gasteiger charge is -2.26. The van der Waals surface area contributed by atoms with Crippen LogP contribution in [-0.4, -0.2) is 27.5 Å². The molecule has 1 aliphatic carbocycles. The van der Waals surface area contributed by atoms with Crippen LogP contribution in [0, 0.1) is 5.92 Å². The van der Waals surface area contributed by atoms with E-state index in [2.05, 4.69) is 6.07 Å². The summed E-state index contributed by atoms with van der Waals surface area (Å²) in [6.07, 6.45) is 7.84. The SMILES string of the molecule is CC(C)(C)OC(=O)n1ccc2cc(CC(O)C3CCCCC3)ccc21. The van der Waals surface area contributed by atoms with Crippen molar-refractivity contribution in [2.24, 2.45) is 5.92 Å². The lowest BCUT2D eigenvalue weighted by atomic mass is 9.83. The minimum absolute atomic E-state index is 0.273. The molecule has 1 saturated carbocycles. The first-order valence-corrected chi connectivity index (χ1v) is 9.35. The molecule has 3 rings (SSSR count). The molecule has 25 heavy (non-hydrogen) atoms. The van der Waals surface area contributed by atoms with Crippen LogP contribution in [0.15, 0.2) is 30.5 Å². The molecule has 1 atom stereocenters. The second-order valence-corrected chi connectivity index (χ2v) is 8.23. The van der Waals surface area contributed by atoms with E-state index < -0.39 is 5.60 Å². The minimum atomic E-state index is -0.516. The largest absolute Gasteiger partial charge is 0.443 e. The second kappa shape index (κ2) is 7.20. The van der Waals surface area contributed by atoms with E-state index in [0.717, 1.165) is 29.3 Å². The number of nitrogens with zero attached hydrogens (tertiary/aromatic N) is 1. The van der Waals surface area contributed by atoms with Gasteiger partial charge in [-0.15, -0.1) is 0 Å². The summed E-state index contributed by atoms with van der Waals surface area (Å²) in [5.74, 6) is 0.427. The molecular weight excluding hydrogens is 314 g/mol. The third-order valence-electron chi connectivity index (χ3n) is 4.98. The molecule has 1 unspecified atom stereocenters. The zero-order chi connectivity index (χ0) is 18.0. The van der Waals surface area contributed by atoms with E-state index in [0.29, 0.717) is 12.3 Å². The Hall–Kier alpha value is -1.81. The van der Waals surface area contributed by atoms with E-state index in [9.17, 15) is 9.90 Å². The molecule has 1 aromatic heterocycles. The van der Waals surface area contributed by atoms with Gasteiger partial charge in [0.1, 0.15) is 5.60 Å². The number of rotatable bonds is 3. The van der Waals surface area contributed by atoms with Gasteiger partial charge in [-0.25, -0.2) is 4.79 Å². The number of aromatic nitrogens is 1. The highest BCUT2D eigenvalue weighted by molar-refractivity contribution is 5.89. The van der Waals surface area contributed by atoms with Crippen LogP contribution < -0.4 is 0 Å². The maximum atomic E-state index is 12.3. The lowest BCUT2D eigenvalue weighted by molar-refractivity contribution is 0.0544. The van der Waals surface area contributed by atoms with Gasteiger partial charge < -0.3 is 9.84 Å². The number of carbonyl (C=O) groups is 1. The van der Waals surface area contributed by atoms with Crippen LogP contribution in [0.4, 0.5) is 4.79 Å². The summed E-state index contributed by atoms with van der Waals surface area (Å²) in [5.41, 5.74) is 1.44. The minimum Gasteiger partial charge on any atom is -0.443 e. The van der Waals surface area contributed by atoms with Crippen LogP contribution in [0.5, 0.6) is 0 Å². The molecule has 2 aromatic rings. The summed E-state index contributed by atoms with van der Waals surface area (Å²) >= 11 is 0. The third-order valence-corrected chi connectivity index (χ3v) is 4.98. The number of aliphatic hydroxyl groups is 1. The van der Waals surface area contributed by atoms with Gasteiger partial charge in [0.2, 0.25) is 0 Å². The van der Waals surface area contributed by atoms with Crippen molar-refractivity contribution in [3.8, 4) is 0 Å². The van der Waals surface area contributed by atoms with Gasteiger partial charge in [-0.05, 0) is 69.7 Å². The van der Waals surface area contributed by atoms with Gasteiger partial charge in [0.05, 0.1) is 11.6 Å². The molecule has 1 N–H and O–H groups in total. The predicted molar refractivity (Wildman–Crippen MR) is 99.9 cm³/mol. The zero-order valence-corrected chi connectivity index (χ0v) is 15.5. The molecule has 0 bridgehead atoms. The monoisotopic (exact) mass is 343 g/mol. The highest BCUT2D eigenvalue weighted by atomic mass is 16.6. The molecule has 0 radical (unpaired) electrons. The number of hydrogen-bond donors (Lipinski definition) is 1. The van der Waals surface area contributed by atoms with Gasteiger partial charge in [0, 0.05) is 11.6 Å². The molecular formula is C21H29NO3. The van der Waals surface area contributed by atoms with Crippen molar-refractivity contribution in [2.75, 3.05) is 0 Å². The third kappa shape index (κ3) is 4.43. The smallest absolute Gasteiger partial charge is 0.418 e. The van der Waals surface area contributed by atoms with E-state index in [-0.39, 0.29) is 12.2 Å². The average molecular weight is 343 g/mol. The van der Waals surface area contributed by atoms with Gasteiger partial charge >= 0.3 is 6.09 Å². The topological polar surface area (TPSA) is 51.5 Å². The zero-order valence-electron chi connectivity index (χ0n) is 15.5.